The molecule has 0 bridgehead atoms. The van der Waals surface area contributed by atoms with E-state index in [1.165, 1.54) is 16.7 Å². The fourth-order valence-electron chi connectivity index (χ4n) is 4.06. The van der Waals surface area contributed by atoms with Crippen LogP contribution >= 0.6 is 0 Å². The summed E-state index contributed by atoms with van der Waals surface area (Å²) in [5.74, 6) is 0.574. The zero-order valence-corrected chi connectivity index (χ0v) is 17.1. The monoisotopic (exact) mass is 386 g/mol. The van der Waals surface area contributed by atoms with E-state index < -0.39 is 10.0 Å². The van der Waals surface area contributed by atoms with E-state index in [0.29, 0.717) is 24.9 Å². The van der Waals surface area contributed by atoms with E-state index in [-0.39, 0.29) is 5.75 Å². The summed E-state index contributed by atoms with van der Waals surface area (Å²) in [5, 5.41) is 3.50. The van der Waals surface area contributed by atoms with Gasteiger partial charge in [-0.2, -0.15) is 0 Å². The first-order valence-corrected chi connectivity index (χ1v) is 11.5. The summed E-state index contributed by atoms with van der Waals surface area (Å²) in [7, 11) is -1.15. The standard InChI is InChI=1S/C22H30N2O2S/c1-3-13-27(25,26)24-16-18-9-10-19-11-12-22(23-2)21(20(19)15-18)14-17-7-5-4-6-8-17/h4-10,15,21-24H,3,11-14,16H2,1-2H3/t21-,22-/m1/s1. The van der Waals surface area contributed by atoms with Crippen molar-refractivity contribution in [3.63, 3.8) is 0 Å². The summed E-state index contributed by atoms with van der Waals surface area (Å²) in [6, 6.07) is 17.5. The zero-order valence-electron chi connectivity index (χ0n) is 16.2. The Morgan fingerprint density at radius 1 is 1.07 bits per heavy atom. The molecule has 0 amide bonds. The Kier molecular flexibility index (Phi) is 6.68. The highest BCUT2D eigenvalue weighted by atomic mass is 32.2. The molecule has 2 N–H and O–H groups in total. The molecule has 2 atom stereocenters. The van der Waals surface area contributed by atoms with E-state index in [9.17, 15) is 8.42 Å². The minimum atomic E-state index is -3.19. The highest BCUT2D eigenvalue weighted by Gasteiger charge is 2.29. The molecule has 1 aliphatic carbocycles. The molecule has 0 saturated heterocycles. The van der Waals surface area contributed by atoms with Crippen molar-refractivity contribution in [1.29, 1.82) is 0 Å². The molecule has 0 heterocycles. The van der Waals surface area contributed by atoms with Gasteiger partial charge < -0.3 is 5.32 Å². The van der Waals surface area contributed by atoms with Gasteiger partial charge in [-0.05, 0) is 55.0 Å². The maximum atomic E-state index is 12.0. The lowest BCUT2D eigenvalue weighted by Gasteiger charge is -2.34. The number of benzene rings is 2. The Morgan fingerprint density at radius 3 is 2.56 bits per heavy atom. The van der Waals surface area contributed by atoms with Crippen molar-refractivity contribution in [2.24, 2.45) is 0 Å². The van der Waals surface area contributed by atoms with Gasteiger partial charge in [0.25, 0.3) is 0 Å². The second-order valence-corrected chi connectivity index (χ2v) is 9.33. The lowest BCUT2D eigenvalue weighted by atomic mass is 9.75. The van der Waals surface area contributed by atoms with Gasteiger partial charge in [-0.25, -0.2) is 13.1 Å². The summed E-state index contributed by atoms with van der Waals surface area (Å²) >= 11 is 0. The normalized spacial score (nSPS) is 19.6. The van der Waals surface area contributed by atoms with Crippen molar-refractivity contribution in [3.8, 4) is 0 Å². The summed E-state index contributed by atoms with van der Waals surface area (Å²) in [4.78, 5) is 0. The predicted octanol–water partition coefficient (Wildman–Crippen LogP) is 3.38. The molecule has 0 unspecified atom stereocenters. The number of likely N-dealkylation sites (N-methyl/N-ethyl adjacent to an activating group) is 1. The van der Waals surface area contributed by atoms with Crippen LogP contribution in [-0.2, 0) is 29.4 Å². The lowest BCUT2D eigenvalue weighted by Crippen LogP contribution is -2.37. The molecule has 0 radical (unpaired) electrons. The fraction of sp³-hybridized carbons (Fsp3) is 0.455. The van der Waals surface area contributed by atoms with Crippen molar-refractivity contribution in [3.05, 3.63) is 70.8 Å². The van der Waals surface area contributed by atoms with Gasteiger partial charge in [0.1, 0.15) is 0 Å². The minimum absolute atomic E-state index is 0.177. The van der Waals surface area contributed by atoms with E-state index in [4.69, 9.17) is 0 Å². The molecule has 0 fully saturated rings. The number of aryl methyl sites for hydroxylation is 1. The van der Waals surface area contributed by atoms with E-state index >= 15 is 0 Å². The number of sulfonamides is 1. The molecule has 5 heteroatoms. The lowest BCUT2D eigenvalue weighted by molar-refractivity contribution is 0.409. The predicted molar refractivity (Wildman–Crippen MR) is 111 cm³/mol. The third kappa shape index (κ3) is 5.18. The van der Waals surface area contributed by atoms with Crippen LogP contribution in [0.3, 0.4) is 0 Å². The first-order chi connectivity index (χ1) is 13.0. The quantitative estimate of drug-likeness (QED) is 0.731. The molecular weight excluding hydrogens is 356 g/mol. The summed E-state index contributed by atoms with van der Waals surface area (Å²) in [6.07, 6.45) is 3.81. The second kappa shape index (κ2) is 9.00. The molecule has 0 aromatic heterocycles. The first-order valence-electron chi connectivity index (χ1n) is 9.82. The molecule has 4 nitrogen and oxygen atoms in total. The van der Waals surface area contributed by atoms with Gasteiger partial charge in [-0.15, -0.1) is 0 Å². The third-order valence-electron chi connectivity index (χ3n) is 5.46. The number of hydrogen-bond donors (Lipinski definition) is 2. The van der Waals surface area contributed by atoms with Gasteiger partial charge in [0.2, 0.25) is 10.0 Å². The molecule has 2 aromatic rings. The van der Waals surface area contributed by atoms with Gasteiger partial charge in [-0.3, -0.25) is 0 Å². The van der Waals surface area contributed by atoms with E-state index in [0.717, 1.165) is 24.8 Å². The molecular formula is C22H30N2O2S. The van der Waals surface area contributed by atoms with E-state index in [1.807, 2.05) is 20.0 Å². The number of hydrogen-bond acceptors (Lipinski definition) is 3. The van der Waals surface area contributed by atoms with Crippen LogP contribution in [0.15, 0.2) is 48.5 Å². The van der Waals surface area contributed by atoms with Crippen LogP contribution in [0.2, 0.25) is 0 Å². The van der Waals surface area contributed by atoms with Gasteiger partial charge >= 0.3 is 0 Å². The SMILES string of the molecule is CCCS(=O)(=O)NCc1ccc2c(c1)[C@@H](Cc1ccccc1)[C@H](NC)CC2. The van der Waals surface area contributed by atoms with Crippen LogP contribution in [0.4, 0.5) is 0 Å². The molecule has 0 saturated carbocycles. The molecule has 27 heavy (non-hydrogen) atoms. The molecule has 0 spiro atoms. The highest BCUT2D eigenvalue weighted by molar-refractivity contribution is 7.89. The Labute approximate surface area is 163 Å². The molecule has 1 aliphatic rings. The Hall–Kier alpha value is -1.69. The van der Waals surface area contributed by atoms with Crippen LogP contribution in [0.25, 0.3) is 0 Å². The average molecular weight is 387 g/mol. The van der Waals surface area contributed by atoms with Gasteiger partial charge in [0.15, 0.2) is 0 Å². The number of nitrogens with one attached hydrogen (secondary N) is 2. The van der Waals surface area contributed by atoms with Crippen LogP contribution < -0.4 is 10.0 Å². The Balaban J connectivity index is 1.84. The Morgan fingerprint density at radius 2 is 1.85 bits per heavy atom. The smallest absolute Gasteiger partial charge is 0.211 e. The second-order valence-electron chi connectivity index (χ2n) is 7.40. The van der Waals surface area contributed by atoms with Crippen LogP contribution in [0, 0.1) is 0 Å². The maximum absolute atomic E-state index is 12.0. The van der Waals surface area contributed by atoms with Crippen molar-refractivity contribution >= 4 is 10.0 Å². The van der Waals surface area contributed by atoms with Crippen molar-refractivity contribution in [1.82, 2.24) is 10.0 Å². The number of rotatable bonds is 8. The van der Waals surface area contributed by atoms with E-state index in [2.05, 4.69) is 52.5 Å². The molecule has 2 aromatic carbocycles. The first kappa shape index (κ1) is 20.1. The zero-order chi connectivity index (χ0) is 19.3. The summed E-state index contributed by atoms with van der Waals surface area (Å²) < 4.78 is 26.7. The number of fused-ring (bicyclic) bond motifs is 1. The molecule has 3 rings (SSSR count). The topological polar surface area (TPSA) is 58.2 Å². The largest absolute Gasteiger partial charge is 0.316 e. The van der Waals surface area contributed by atoms with Gasteiger partial charge in [-0.1, -0.05) is 55.5 Å². The highest BCUT2D eigenvalue weighted by Crippen LogP contribution is 2.35. The molecule has 0 aliphatic heterocycles. The van der Waals surface area contributed by atoms with Crippen molar-refractivity contribution in [2.75, 3.05) is 12.8 Å². The maximum Gasteiger partial charge on any atom is 0.211 e. The van der Waals surface area contributed by atoms with Crippen molar-refractivity contribution < 1.29 is 8.42 Å². The van der Waals surface area contributed by atoms with E-state index in [1.54, 1.807) is 0 Å². The van der Waals surface area contributed by atoms with Crippen LogP contribution in [-0.4, -0.2) is 27.3 Å². The Bertz CT molecular complexity index is 850. The molecule has 146 valence electrons. The van der Waals surface area contributed by atoms with Crippen LogP contribution in [0.1, 0.15) is 47.9 Å². The average Bonchev–Trinajstić information content (AvgIpc) is 2.67. The van der Waals surface area contributed by atoms with Crippen molar-refractivity contribution in [2.45, 2.75) is 51.1 Å². The van der Waals surface area contributed by atoms with Crippen LogP contribution in [0.5, 0.6) is 0 Å². The van der Waals surface area contributed by atoms with Gasteiger partial charge in [0, 0.05) is 18.5 Å². The fourth-order valence-corrected chi connectivity index (χ4v) is 5.12. The van der Waals surface area contributed by atoms with Gasteiger partial charge in [0.05, 0.1) is 5.75 Å². The summed E-state index contributed by atoms with van der Waals surface area (Å²) in [6.45, 7) is 2.24. The minimum Gasteiger partial charge on any atom is -0.316 e. The summed E-state index contributed by atoms with van der Waals surface area (Å²) in [5.41, 5.74) is 5.12. The third-order valence-corrected chi connectivity index (χ3v) is 6.99.